The average molecular weight is 361 g/mol. The van der Waals surface area contributed by atoms with Gasteiger partial charge in [-0.2, -0.15) is 0 Å². The van der Waals surface area contributed by atoms with Crippen molar-refractivity contribution in [2.75, 3.05) is 25.1 Å². The number of amides is 1. The number of hydrogen-bond donors (Lipinski definition) is 2. The zero-order valence-electron chi connectivity index (χ0n) is 14.0. The Morgan fingerprint density at radius 3 is 2.60 bits per heavy atom. The van der Waals surface area contributed by atoms with Crippen LogP contribution >= 0.6 is 11.6 Å². The summed E-state index contributed by atoms with van der Waals surface area (Å²) >= 11 is 5.89. The first kappa shape index (κ1) is 17.6. The number of fused-ring (bicyclic) bond motifs is 1. The first-order chi connectivity index (χ1) is 12.1. The fourth-order valence-electron chi connectivity index (χ4n) is 2.56. The van der Waals surface area contributed by atoms with Crippen LogP contribution in [0, 0.1) is 0 Å². The maximum absolute atomic E-state index is 12.2. The predicted octanol–water partition coefficient (Wildman–Crippen LogP) is 3.79. The molecule has 0 saturated carbocycles. The third-order valence-corrected chi connectivity index (χ3v) is 4.22. The number of carbonyl (C=O) groups excluding carboxylic acids is 1. The summed E-state index contributed by atoms with van der Waals surface area (Å²) in [4.78, 5) is 12.2. The molecule has 1 aliphatic rings. The van der Waals surface area contributed by atoms with Crippen LogP contribution in [-0.2, 0) is 4.79 Å². The van der Waals surface area contributed by atoms with E-state index in [2.05, 4.69) is 10.6 Å². The lowest BCUT2D eigenvalue weighted by atomic mass is 10.1. The van der Waals surface area contributed by atoms with Crippen molar-refractivity contribution in [3.05, 3.63) is 53.1 Å². The summed E-state index contributed by atoms with van der Waals surface area (Å²) in [7, 11) is 0. The van der Waals surface area contributed by atoms with Gasteiger partial charge in [0.25, 0.3) is 0 Å². The molecule has 1 heterocycles. The molecule has 0 bridgehead atoms. The minimum atomic E-state index is -0.115. The highest BCUT2D eigenvalue weighted by atomic mass is 35.5. The summed E-state index contributed by atoms with van der Waals surface area (Å²) < 4.78 is 11.2. The van der Waals surface area contributed by atoms with Crippen molar-refractivity contribution in [2.24, 2.45) is 0 Å². The number of ether oxygens (including phenoxy) is 2. The van der Waals surface area contributed by atoms with Gasteiger partial charge >= 0.3 is 0 Å². The topological polar surface area (TPSA) is 59.6 Å². The van der Waals surface area contributed by atoms with Crippen molar-refractivity contribution in [2.45, 2.75) is 19.4 Å². The molecule has 2 aromatic rings. The Bertz CT molecular complexity index is 734. The Hall–Kier alpha value is -2.24. The monoisotopic (exact) mass is 360 g/mol. The first-order valence-corrected chi connectivity index (χ1v) is 8.68. The van der Waals surface area contributed by atoms with E-state index in [1.807, 2.05) is 43.3 Å². The van der Waals surface area contributed by atoms with E-state index in [4.69, 9.17) is 21.1 Å². The summed E-state index contributed by atoms with van der Waals surface area (Å²) in [5.74, 6) is 1.26. The molecule has 6 heteroatoms. The number of rotatable bonds is 5. The smallest absolute Gasteiger partial charge is 0.238 e. The molecule has 0 saturated heterocycles. The maximum atomic E-state index is 12.2. The molecule has 1 aliphatic heterocycles. The molecule has 1 amide bonds. The predicted molar refractivity (Wildman–Crippen MR) is 98.5 cm³/mol. The molecule has 0 aromatic heterocycles. The van der Waals surface area contributed by atoms with E-state index in [-0.39, 0.29) is 18.5 Å². The second-order valence-corrected chi connectivity index (χ2v) is 6.35. The van der Waals surface area contributed by atoms with Crippen LogP contribution in [0.5, 0.6) is 11.5 Å². The van der Waals surface area contributed by atoms with Crippen LogP contribution in [0.15, 0.2) is 42.5 Å². The highest BCUT2D eigenvalue weighted by Gasteiger charge is 2.12. The van der Waals surface area contributed by atoms with Gasteiger partial charge in [-0.25, -0.2) is 0 Å². The van der Waals surface area contributed by atoms with Crippen molar-refractivity contribution >= 4 is 23.2 Å². The molecule has 25 heavy (non-hydrogen) atoms. The Kier molecular flexibility index (Phi) is 5.79. The molecule has 1 atom stereocenters. The number of benzene rings is 2. The van der Waals surface area contributed by atoms with Crippen LogP contribution in [0.25, 0.3) is 0 Å². The number of carbonyl (C=O) groups is 1. The highest BCUT2D eigenvalue weighted by molar-refractivity contribution is 6.30. The largest absolute Gasteiger partial charge is 0.490 e. The zero-order chi connectivity index (χ0) is 17.6. The minimum Gasteiger partial charge on any atom is -0.490 e. The van der Waals surface area contributed by atoms with E-state index in [1.165, 1.54) is 0 Å². The molecule has 0 fully saturated rings. The molecular formula is C19H21ClN2O3. The molecule has 0 unspecified atom stereocenters. The number of nitrogens with one attached hydrogen (secondary N) is 2. The molecule has 0 radical (unpaired) electrons. The van der Waals surface area contributed by atoms with Crippen molar-refractivity contribution in [1.29, 1.82) is 0 Å². The van der Waals surface area contributed by atoms with Crippen LogP contribution in [0.3, 0.4) is 0 Å². The van der Waals surface area contributed by atoms with Gasteiger partial charge in [0.2, 0.25) is 5.91 Å². The molecule has 2 N–H and O–H groups in total. The Labute approximate surface area is 152 Å². The normalized spacial score (nSPS) is 14.5. The molecule has 5 nitrogen and oxygen atoms in total. The van der Waals surface area contributed by atoms with E-state index in [0.717, 1.165) is 12.0 Å². The van der Waals surface area contributed by atoms with Gasteiger partial charge in [0.1, 0.15) is 0 Å². The van der Waals surface area contributed by atoms with E-state index < -0.39 is 0 Å². The van der Waals surface area contributed by atoms with Crippen molar-refractivity contribution in [3.8, 4) is 11.5 Å². The minimum absolute atomic E-state index is 0.0480. The number of halogens is 1. The summed E-state index contributed by atoms with van der Waals surface area (Å²) in [6.45, 7) is 3.47. The lowest BCUT2D eigenvalue weighted by Crippen LogP contribution is -2.30. The van der Waals surface area contributed by atoms with Gasteiger partial charge in [0.05, 0.1) is 19.8 Å². The Balaban J connectivity index is 1.54. The molecular weight excluding hydrogens is 340 g/mol. The third-order valence-electron chi connectivity index (χ3n) is 3.97. The van der Waals surface area contributed by atoms with E-state index in [0.29, 0.717) is 35.4 Å². The zero-order valence-corrected chi connectivity index (χ0v) is 14.8. The lowest BCUT2D eigenvalue weighted by Gasteiger charge is -2.15. The molecule has 2 aromatic carbocycles. The quantitative estimate of drug-likeness (QED) is 0.851. The van der Waals surface area contributed by atoms with Crippen molar-refractivity contribution < 1.29 is 14.3 Å². The van der Waals surface area contributed by atoms with Gasteiger partial charge in [-0.3, -0.25) is 4.79 Å². The Morgan fingerprint density at radius 2 is 1.84 bits per heavy atom. The summed E-state index contributed by atoms with van der Waals surface area (Å²) in [6.07, 6.45) is 0.850. The van der Waals surface area contributed by atoms with Crippen LogP contribution in [0.2, 0.25) is 5.02 Å². The van der Waals surface area contributed by atoms with Crippen LogP contribution in [0.1, 0.15) is 24.9 Å². The van der Waals surface area contributed by atoms with Gasteiger partial charge in [-0.15, -0.1) is 0 Å². The second kappa shape index (κ2) is 8.23. The molecule has 0 aliphatic carbocycles. The van der Waals surface area contributed by atoms with Gasteiger partial charge in [-0.1, -0.05) is 23.7 Å². The van der Waals surface area contributed by atoms with E-state index >= 15 is 0 Å². The van der Waals surface area contributed by atoms with Crippen LogP contribution in [0.4, 0.5) is 5.69 Å². The first-order valence-electron chi connectivity index (χ1n) is 8.30. The third kappa shape index (κ3) is 4.87. The number of hydrogen-bond acceptors (Lipinski definition) is 4. The maximum Gasteiger partial charge on any atom is 0.238 e. The van der Waals surface area contributed by atoms with Gasteiger partial charge in [-0.05, 0) is 36.8 Å². The fraction of sp³-hybridized carbons (Fsp3) is 0.316. The Morgan fingerprint density at radius 1 is 1.12 bits per heavy atom. The molecule has 132 valence electrons. The highest BCUT2D eigenvalue weighted by Crippen LogP contribution is 2.32. The van der Waals surface area contributed by atoms with Gasteiger partial charge < -0.3 is 20.1 Å². The molecule has 0 spiro atoms. The summed E-state index contributed by atoms with van der Waals surface area (Å²) in [6, 6.07) is 13.0. The number of anilines is 1. The fourth-order valence-corrected chi connectivity index (χ4v) is 2.69. The summed E-state index contributed by atoms with van der Waals surface area (Å²) in [5, 5.41) is 6.77. The van der Waals surface area contributed by atoms with Crippen LogP contribution in [-0.4, -0.2) is 25.7 Å². The van der Waals surface area contributed by atoms with Gasteiger partial charge in [0.15, 0.2) is 11.5 Å². The average Bonchev–Trinajstić information content (AvgIpc) is 2.85. The standard InChI is InChI=1S/C19H21ClN2O3/c1-13(14-3-5-15(20)6-4-14)21-12-19(23)22-16-7-8-17-18(11-16)25-10-2-9-24-17/h3-8,11,13,21H,2,9-10,12H2,1H3,(H,22,23)/t13-/m0/s1. The van der Waals surface area contributed by atoms with E-state index in [1.54, 1.807) is 6.07 Å². The van der Waals surface area contributed by atoms with Gasteiger partial charge in [0, 0.05) is 29.2 Å². The summed E-state index contributed by atoms with van der Waals surface area (Å²) in [5.41, 5.74) is 1.77. The molecule has 3 rings (SSSR count). The lowest BCUT2D eigenvalue weighted by molar-refractivity contribution is -0.115. The van der Waals surface area contributed by atoms with Crippen molar-refractivity contribution in [3.63, 3.8) is 0 Å². The van der Waals surface area contributed by atoms with E-state index in [9.17, 15) is 4.79 Å². The van der Waals surface area contributed by atoms with Crippen molar-refractivity contribution in [1.82, 2.24) is 5.32 Å². The SMILES string of the molecule is C[C@H](NCC(=O)Nc1ccc2c(c1)OCCCO2)c1ccc(Cl)cc1. The second-order valence-electron chi connectivity index (χ2n) is 5.91. The van der Waals surface area contributed by atoms with Crippen LogP contribution < -0.4 is 20.1 Å².